The number of carbonyl (C=O) groups excluding carboxylic acids is 1. The smallest absolute Gasteiger partial charge is 0.338 e. The number of pyridine rings is 1. The van der Waals surface area contributed by atoms with Crippen molar-refractivity contribution in [2.75, 3.05) is 31.6 Å². The van der Waals surface area contributed by atoms with Crippen LogP contribution in [-0.2, 0) is 11.3 Å². The van der Waals surface area contributed by atoms with Gasteiger partial charge >= 0.3 is 5.97 Å². The van der Waals surface area contributed by atoms with E-state index >= 15 is 0 Å². The SMILES string of the molecule is N#Cc1cccnc1NCCOC(=O)c1ccc(CN2CCCCC2)cc1. The van der Waals surface area contributed by atoms with E-state index in [0.717, 1.165) is 19.6 Å². The summed E-state index contributed by atoms with van der Waals surface area (Å²) in [5, 5.41) is 12.0. The van der Waals surface area contributed by atoms with E-state index in [1.54, 1.807) is 18.3 Å². The molecule has 6 nitrogen and oxygen atoms in total. The van der Waals surface area contributed by atoms with Gasteiger partial charge in [0.2, 0.25) is 0 Å². The zero-order valence-corrected chi connectivity index (χ0v) is 15.4. The molecule has 0 bridgehead atoms. The van der Waals surface area contributed by atoms with E-state index in [-0.39, 0.29) is 12.6 Å². The Hall–Kier alpha value is -2.91. The summed E-state index contributed by atoms with van der Waals surface area (Å²) in [5.74, 6) is 0.154. The molecule has 0 unspecified atom stereocenters. The van der Waals surface area contributed by atoms with Crippen LogP contribution in [0.1, 0.15) is 40.7 Å². The molecule has 0 radical (unpaired) electrons. The first kappa shape index (κ1) is 18.9. The van der Waals surface area contributed by atoms with Crippen molar-refractivity contribution in [2.45, 2.75) is 25.8 Å². The van der Waals surface area contributed by atoms with Crippen molar-refractivity contribution < 1.29 is 9.53 Å². The molecule has 1 aromatic heterocycles. The molecule has 0 spiro atoms. The first-order valence-electron chi connectivity index (χ1n) is 9.33. The van der Waals surface area contributed by atoms with Crippen molar-refractivity contribution in [1.29, 1.82) is 5.26 Å². The summed E-state index contributed by atoms with van der Waals surface area (Å²) in [6.45, 7) is 3.84. The summed E-state index contributed by atoms with van der Waals surface area (Å²) in [6, 6.07) is 13.1. The van der Waals surface area contributed by atoms with Gasteiger partial charge in [-0.15, -0.1) is 0 Å². The van der Waals surface area contributed by atoms with E-state index in [0.29, 0.717) is 23.5 Å². The number of carbonyl (C=O) groups is 1. The highest BCUT2D eigenvalue weighted by Gasteiger charge is 2.12. The second-order valence-corrected chi connectivity index (χ2v) is 6.61. The van der Waals surface area contributed by atoms with Gasteiger partial charge in [-0.2, -0.15) is 5.26 Å². The molecule has 1 aromatic carbocycles. The first-order valence-corrected chi connectivity index (χ1v) is 9.33. The largest absolute Gasteiger partial charge is 0.460 e. The Kier molecular flexibility index (Phi) is 6.78. The van der Waals surface area contributed by atoms with E-state index < -0.39 is 0 Å². The number of nitriles is 1. The third-order valence-corrected chi connectivity index (χ3v) is 4.60. The van der Waals surface area contributed by atoms with Gasteiger partial charge in [0.1, 0.15) is 18.5 Å². The van der Waals surface area contributed by atoms with Crippen LogP contribution in [0.2, 0.25) is 0 Å². The molecule has 3 rings (SSSR count). The number of likely N-dealkylation sites (tertiary alicyclic amines) is 1. The van der Waals surface area contributed by atoms with Crippen molar-refractivity contribution in [1.82, 2.24) is 9.88 Å². The predicted molar refractivity (Wildman–Crippen MR) is 103 cm³/mol. The molecule has 27 heavy (non-hydrogen) atoms. The number of nitrogens with one attached hydrogen (secondary N) is 1. The van der Waals surface area contributed by atoms with Crippen LogP contribution in [0.3, 0.4) is 0 Å². The third-order valence-electron chi connectivity index (χ3n) is 4.60. The zero-order chi connectivity index (χ0) is 18.9. The van der Waals surface area contributed by atoms with Gasteiger partial charge in [-0.05, 0) is 55.8 Å². The molecule has 0 amide bonds. The minimum atomic E-state index is -0.345. The Labute approximate surface area is 159 Å². The molecule has 1 N–H and O–H groups in total. The number of anilines is 1. The normalized spacial score (nSPS) is 14.3. The molecule has 1 saturated heterocycles. The Balaban J connectivity index is 1.43. The second kappa shape index (κ2) is 9.70. The Morgan fingerprint density at radius 2 is 1.96 bits per heavy atom. The highest BCUT2D eigenvalue weighted by Crippen LogP contribution is 2.14. The van der Waals surface area contributed by atoms with Crippen LogP contribution in [0.25, 0.3) is 0 Å². The van der Waals surface area contributed by atoms with Crippen LogP contribution in [0.15, 0.2) is 42.6 Å². The van der Waals surface area contributed by atoms with Crippen LogP contribution in [-0.4, -0.2) is 42.1 Å². The maximum atomic E-state index is 12.2. The molecule has 2 heterocycles. The van der Waals surface area contributed by atoms with E-state index in [4.69, 9.17) is 10.00 Å². The molecular weight excluding hydrogens is 340 g/mol. The van der Waals surface area contributed by atoms with Gasteiger partial charge in [0.25, 0.3) is 0 Å². The molecule has 1 aliphatic rings. The lowest BCUT2D eigenvalue weighted by Gasteiger charge is -2.26. The van der Waals surface area contributed by atoms with Crippen LogP contribution in [0.4, 0.5) is 5.82 Å². The van der Waals surface area contributed by atoms with E-state index in [9.17, 15) is 4.79 Å². The van der Waals surface area contributed by atoms with Crippen molar-refractivity contribution in [3.63, 3.8) is 0 Å². The number of esters is 1. The van der Waals surface area contributed by atoms with Gasteiger partial charge in [-0.25, -0.2) is 9.78 Å². The third kappa shape index (κ3) is 5.53. The molecule has 0 aliphatic carbocycles. The average molecular weight is 364 g/mol. The van der Waals surface area contributed by atoms with Crippen molar-refractivity contribution in [3.8, 4) is 6.07 Å². The summed E-state index contributed by atoms with van der Waals surface area (Å²) in [5.41, 5.74) is 2.23. The summed E-state index contributed by atoms with van der Waals surface area (Å²) < 4.78 is 5.29. The summed E-state index contributed by atoms with van der Waals surface area (Å²) >= 11 is 0. The van der Waals surface area contributed by atoms with E-state index in [2.05, 4.69) is 21.3 Å². The fraction of sp³-hybridized carbons (Fsp3) is 0.381. The van der Waals surface area contributed by atoms with Gasteiger partial charge < -0.3 is 10.1 Å². The summed E-state index contributed by atoms with van der Waals surface area (Å²) in [4.78, 5) is 18.7. The molecule has 2 aromatic rings. The Morgan fingerprint density at radius 3 is 2.70 bits per heavy atom. The van der Waals surface area contributed by atoms with Gasteiger partial charge in [0, 0.05) is 12.7 Å². The maximum absolute atomic E-state index is 12.2. The molecule has 0 saturated carbocycles. The maximum Gasteiger partial charge on any atom is 0.338 e. The van der Waals surface area contributed by atoms with Gasteiger partial charge in [-0.3, -0.25) is 4.90 Å². The molecule has 0 atom stereocenters. The minimum absolute atomic E-state index is 0.204. The summed E-state index contributed by atoms with van der Waals surface area (Å²) in [6.07, 6.45) is 5.48. The first-order chi connectivity index (χ1) is 13.3. The van der Waals surface area contributed by atoms with E-state index in [1.807, 2.05) is 24.3 Å². The molecule has 6 heteroatoms. The average Bonchev–Trinajstić information content (AvgIpc) is 2.72. The number of piperidine rings is 1. The van der Waals surface area contributed by atoms with Crippen molar-refractivity contribution in [3.05, 3.63) is 59.3 Å². The van der Waals surface area contributed by atoms with Crippen LogP contribution in [0.5, 0.6) is 0 Å². The number of nitrogens with zero attached hydrogens (tertiary/aromatic N) is 3. The monoisotopic (exact) mass is 364 g/mol. The number of aromatic nitrogens is 1. The number of rotatable bonds is 7. The number of ether oxygens (including phenoxy) is 1. The van der Waals surface area contributed by atoms with Crippen molar-refractivity contribution in [2.24, 2.45) is 0 Å². The fourth-order valence-corrected chi connectivity index (χ4v) is 3.15. The lowest BCUT2D eigenvalue weighted by Crippen LogP contribution is -2.29. The molecule has 1 fully saturated rings. The number of hydrogen-bond donors (Lipinski definition) is 1. The Morgan fingerprint density at radius 1 is 1.19 bits per heavy atom. The summed E-state index contributed by atoms with van der Waals surface area (Å²) in [7, 11) is 0. The standard InChI is InChI=1S/C21H24N4O2/c22-15-19-5-4-10-23-20(19)24-11-14-27-21(26)18-8-6-17(7-9-18)16-25-12-2-1-3-13-25/h4-10H,1-3,11-14,16H2,(H,23,24). The van der Waals surface area contributed by atoms with E-state index in [1.165, 1.54) is 24.8 Å². The van der Waals surface area contributed by atoms with Gasteiger partial charge in [0.05, 0.1) is 17.7 Å². The van der Waals surface area contributed by atoms with Crippen LogP contribution >= 0.6 is 0 Å². The minimum Gasteiger partial charge on any atom is -0.460 e. The molecule has 140 valence electrons. The number of benzene rings is 1. The van der Waals surface area contributed by atoms with Gasteiger partial charge in [0.15, 0.2) is 0 Å². The van der Waals surface area contributed by atoms with Gasteiger partial charge in [-0.1, -0.05) is 18.6 Å². The topological polar surface area (TPSA) is 78.2 Å². The molecule has 1 aliphatic heterocycles. The Bertz CT molecular complexity index is 793. The zero-order valence-electron chi connectivity index (χ0n) is 15.4. The van der Waals surface area contributed by atoms with Crippen LogP contribution in [0, 0.1) is 11.3 Å². The van der Waals surface area contributed by atoms with Crippen molar-refractivity contribution >= 4 is 11.8 Å². The lowest BCUT2D eigenvalue weighted by molar-refractivity contribution is 0.0520. The fourth-order valence-electron chi connectivity index (χ4n) is 3.15. The lowest BCUT2D eigenvalue weighted by atomic mass is 10.1. The molecular formula is C21H24N4O2. The highest BCUT2D eigenvalue weighted by molar-refractivity contribution is 5.89. The van der Waals surface area contributed by atoms with Crippen LogP contribution < -0.4 is 5.32 Å². The quantitative estimate of drug-likeness (QED) is 0.600. The second-order valence-electron chi connectivity index (χ2n) is 6.61. The number of hydrogen-bond acceptors (Lipinski definition) is 6. The highest BCUT2D eigenvalue weighted by atomic mass is 16.5. The predicted octanol–water partition coefficient (Wildman–Crippen LogP) is 3.21.